The van der Waals surface area contributed by atoms with Crippen molar-refractivity contribution in [1.29, 1.82) is 0 Å². The van der Waals surface area contributed by atoms with E-state index in [9.17, 15) is 9.90 Å². The van der Waals surface area contributed by atoms with E-state index in [1.54, 1.807) is 7.11 Å². The lowest BCUT2D eigenvalue weighted by molar-refractivity contribution is -0.149. The summed E-state index contributed by atoms with van der Waals surface area (Å²) < 4.78 is 5.37. The molecule has 0 aliphatic heterocycles. The third-order valence-corrected chi connectivity index (χ3v) is 3.35. The van der Waals surface area contributed by atoms with E-state index in [2.05, 4.69) is 13.8 Å². The molecule has 0 aromatic heterocycles. The summed E-state index contributed by atoms with van der Waals surface area (Å²) in [5, 5.41) is 9.25. The molecule has 2 unspecified atom stereocenters. The molecule has 0 aliphatic rings. The zero-order chi connectivity index (χ0) is 12.8. The molecule has 0 saturated heterocycles. The zero-order valence-corrected chi connectivity index (χ0v) is 11.2. The van der Waals surface area contributed by atoms with E-state index in [0.29, 0.717) is 12.3 Å². The Balaban J connectivity index is 4.36. The number of methoxy groups -OCH3 is 1. The first-order valence-corrected chi connectivity index (χ1v) is 6.13. The molecule has 0 aromatic rings. The second kappa shape index (κ2) is 6.89. The number of rotatable bonds is 8. The Kier molecular flexibility index (Phi) is 6.65. The van der Waals surface area contributed by atoms with Gasteiger partial charge in [-0.3, -0.25) is 4.79 Å². The molecule has 1 N–H and O–H groups in total. The number of hydrogen-bond acceptors (Lipinski definition) is 2. The Morgan fingerprint density at radius 1 is 1.38 bits per heavy atom. The Labute approximate surface area is 99.2 Å². The molecule has 0 amide bonds. The molecule has 0 bridgehead atoms. The molecule has 16 heavy (non-hydrogen) atoms. The van der Waals surface area contributed by atoms with Gasteiger partial charge in [0.2, 0.25) is 0 Å². The van der Waals surface area contributed by atoms with E-state index in [-0.39, 0.29) is 6.10 Å². The number of carbonyl (C=O) groups is 1. The number of carboxylic acid groups (broad SMARTS) is 1. The molecular formula is C13H26O3. The van der Waals surface area contributed by atoms with Gasteiger partial charge in [0.25, 0.3) is 0 Å². The second-order valence-corrected chi connectivity index (χ2v) is 5.17. The van der Waals surface area contributed by atoms with Gasteiger partial charge in [-0.15, -0.1) is 0 Å². The van der Waals surface area contributed by atoms with Crippen molar-refractivity contribution in [2.24, 2.45) is 11.3 Å². The highest BCUT2D eigenvalue weighted by atomic mass is 16.5. The van der Waals surface area contributed by atoms with E-state index in [4.69, 9.17) is 4.74 Å². The summed E-state index contributed by atoms with van der Waals surface area (Å²) >= 11 is 0. The maximum absolute atomic E-state index is 11.2. The Morgan fingerprint density at radius 2 is 1.94 bits per heavy atom. The molecule has 0 aromatic carbocycles. The Bertz CT molecular complexity index is 213. The lowest BCUT2D eigenvalue weighted by Gasteiger charge is -2.27. The van der Waals surface area contributed by atoms with Gasteiger partial charge >= 0.3 is 5.97 Å². The van der Waals surface area contributed by atoms with Gasteiger partial charge in [0.1, 0.15) is 0 Å². The third-order valence-electron chi connectivity index (χ3n) is 3.35. The summed E-state index contributed by atoms with van der Waals surface area (Å²) in [7, 11) is 1.70. The summed E-state index contributed by atoms with van der Waals surface area (Å²) in [5.41, 5.74) is -0.597. The van der Waals surface area contributed by atoms with Gasteiger partial charge in [-0.1, -0.05) is 27.2 Å². The van der Waals surface area contributed by atoms with Crippen molar-refractivity contribution in [3.05, 3.63) is 0 Å². The van der Waals surface area contributed by atoms with Crippen molar-refractivity contribution in [2.75, 3.05) is 7.11 Å². The van der Waals surface area contributed by atoms with Gasteiger partial charge < -0.3 is 9.84 Å². The number of carboxylic acids is 1. The molecule has 3 nitrogen and oxygen atoms in total. The predicted molar refractivity (Wildman–Crippen MR) is 65.5 cm³/mol. The molecule has 3 heteroatoms. The first kappa shape index (κ1) is 15.4. The topological polar surface area (TPSA) is 46.5 Å². The van der Waals surface area contributed by atoms with Crippen LogP contribution in [0, 0.1) is 11.3 Å². The molecule has 0 heterocycles. The Hall–Kier alpha value is -0.570. The van der Waals surface area contributed by atoms with E-state index >= 15 is 0 Å². The highest BCUT2D eigenvalue weighted by Gasteiger charge is 2.32. The fourth-order valence-electron chi connectivity index (χ4n) is 2.07. The molecule has 0 rings (SSSR count). The highest BCUT2D eigenvalue weighted by molar-refractivity contribution is 5.74. The fraction of sp³-hybridized carbons (Fsp3) is 0.923. The molecule has 0 spiro atoms. The maximum Gasteiger partial charge on any atom is 0.309 e. The SMILES string of the molecule is CCCC(C)(CCC(OC)C(C)C)C(=O)O. The van der Waals surface area contributed by atoms with Crippen LogP contribution >= 0.6 is 0 Å². The lowest BCUT2D eigenvalue weighted by Crippen LogP contribution is -2.30. The van der Waals surface area contributed by atoms with E-state index in [1.165, 1.54) is 0 Å². The largest absolute Gasteiger partial charge is 0.481 e. The van der Waals surface area contributed by atoms with Crippen LogP contribution in [0.4, 0.5) is 0 Å². The fourth-order valence-corrected chi connectivity index (χ4v) is 2.07. The zero-order valence-electron chi connectivity index (χ0n) is 11.2. The van der Waals surface area contributed by atoms with Crippen LogP contribution in [0.25, 0.3) is 0 Å². The Morgan fingerprint density at radius 3 is 2.25 bits per heavy atom. The van der Waals surface area contributed by atoms with Gasteiger partial charge in [-0.2, -0.15) is 0 Å². The number of hydrogen-bond donors (Lipinski definition) is 1. The monoisotopic (exact) mass is 230 g/mol. The molecule has 2 atom stereocenters. The highest BCUT2D eigenvalue weighted by Crippen LogP contribution is 2.31. The van der Waals surface area contributed by atoms with E-state index in [1.807, 2.05) is 13.8 Å². The second-order valence-electron chi connectivity index (χ2n) is 5.17. The average molecular weight is 230 g/mol. The quantitative estimate of drug-likeness (QED) is 0.695. The normalized spacial score (nSPS) is 17.1. The van der Waals surface area contributed by atoms with Gasteiger partial charge in [0.05, 0.1) is 11.5 Å². The predicted octanol–water partition coefficient (Wildman–Crippen LogP) is 3.33. The minimum Gasteiger partial charge on any atom is -0.481 e. The summed E-state index contributed by atoms with van der Waals surface area (Å²) in [6, 6.07) is 0. The van der Waals surface area contributed by atoms with Gasteiger partial charge in [-0.25, -0.2) is 0 Å². The van der Waals surface area contributed by atoms with Crippen molar-refractivity contribution in [1.82, 2.24) is 0 Å². The number of ether oxygens (including phenoxy) is 1. The minimum absolute atomic E-state index is 0.163. The lowest BCUT2D eigenvalue weighted by atomic mass is 9.79. The molecule has 96 valence electrons. The first-order valence-electron chi connectivity index (χ1n) is 6.13. The van der Waals surface area contributed by atoms with E-state index in [0.717, 1.165) is 19.3 Å². The van der Waals surface area contributed by atoms with Crippen molar-refractivity contribution in [3.63, 3.8) is 0 Å². The molecule has 0 aliphatic carbocycles. The molecule has 0 saturated carbocycles. The summed E-state index contributed by atoms with van der Waals surface area (Å²) in [6.07, 6.45) is 3.30. The van der Waals surface area contributed by atoms with Crippen molar-refractivity contribution in [2.45, 2.75) is 59.5 Å². The van der Waals surface area contributed by atoms with Crippen LogP contribution in [0.1, 0.15) is 53.4 Å². The maximum atomic E-state index is 11.2. The standard InChI is InChI=1S/C13H26O3/c1-6-8-13(4,12(14)15)9-7-11(16-5)10(2)3/h10-11H,6-9H2,1-5H3,(H,14,15). The van der Waals surface area contributed by atoms with Gasteiger partial charge in [0, 0.05) is 7.11 Å². The number of aliphatic carboxylic acids is 1. The van der Waals surface area contributed by atoms with Crippen LogP contribution in [-0.4, -0.2) is 24.3 Å². The van der Waals surface area contributed by atoms with Crippen molar-refractivity contribution >= 4 is 5.97 Å². The van der Waals surface area contributed by atoms with Crippen molar-refractivity contribution < 1.29 is 14.6 Å². The molecule has 0 radical (unpaired) electrons. The average Bonchev–Trinajstić information content (AvgIpc) is 2.18. The van der Waals surface area contributed by atoms with Gasteiger partial charge in [-0.05, 0) is 32.1 Å². The van der Waals surface area contributed by atoms with Crippen LogP contribution in [0.15, 0.2) is 0 Å². The van der Waals surface area contributed by atoms with Gasteiger partial charge in [0.15, 0.2) is 0 Å². The van der Waals surface area contributed by atoms with Crippen LogP contribution in [-0.2, 0) is 9.53 Å². The van der Waals surface area contributed by atoms with Crippen LogP contribution in [0.5, 0.6) is 0 Å². The summed E-state index contributed by atoms with van der Waals surface area (Å²) in [4.78, 5) is 11.2. The molecule has 0 fully saturated rings. The van der Waals surface area contributed by atoms with Crippen LogP contribution < -0.4 is 0 Å². The van der Waals surface area contributed by atoms with Crippen LogP contribution in [0.3, 0.4) is 0 Å². The summed E-state index contributed by atoms with van der Waals surface area (Å²) in [6.45, 7) is 8.07. The van der Waals surface area contributed by atoms with Crippen molar-refractivity contribution in [3.8, 4) is 0 Å². The third kappa shape index (κ3) is 4.52. The van der Waals surface area contributed by atoms with Crippen LogP contribution in [0.2, 0.25) is 0 Å². The van der Waals surface area contributed by atoms with E-state index < -0.39 is 11.4 Å². The smallest absolute Gasteiger partial charge is 0.309 e. The summed E-state index contributed by atoms with van der Waals surface area (Å²) in [5.74, 6) is -0.252. The first-order chi connectivity index (χ1) is 7.37. The molecular weight excluding hydrogens is 204 g/mol. The minimum atomic E-state index is -0.687.